The topological polar surface area (TPSA) is 79.3 Å². The summed E-state index contributed by atoms with van der Waals surface area (Å²) in [7, 11) is 0. The van der Waals surface area contributed by atoms with Gasteiger partial charge in [-0.25, -0.2) is 0 Å². The van der Waals surface area contributed by atoms with Gasteiger partial charge < -0.3 is 10.4 Å². The largest absolute Gasteiger partial charge is 0.481 e. The summed E-state index contributed by atoms with van der Waals surface area (Å²) in [5.41, 5.74) is 1.88. The molecule has 1 aromatic carbocycles. The molecule has 5 heteroatoms. The summed E-state index contributed by atoms with van der Waals surface area (Å²) in [6, 6.07) is 10.4. The molecular formula is C16H14N2O3. The van der Waals surface area contributed by atoms with E-state index in [9.17, 15) is 9.59 Å². The molecule has 0 saturated heterocycles. The molecule has 21 heavy (non-hydrogen) atoms. The molecule has 1 amide bonds. The highest BCUT2D eigenvalue weighted by atomic mass is 16.4. The van der Waals surface area contributed by atoms with Crippen molar-refractivity contribution in [1.29, 1.82) is 0 Å². The minimum Gasteiger partial charge on any atom is -0.481 e. The number of carbonyl (C=O) groups is 2. The van der Waals surface area contributed by atoms with Crippen LogP contribution in [0.25, 0.3) is 6.08 Å². The fourth-order valence-electron chi connectivity index (χ4n) is 1.78. The Morgan fingerprint density at radius 3 is 2.71 bits per heavy atom. The van der Waals surface area contributed by atoms with Gasteiger partial charge in [0.15, 0.2) is 0 Å². The molecule has 0 saturated carbocycles. The van der Waals surface area contributed by atoms with Gasteiger partial charge in [-0.05, 0) is 29.3 Å². The second kappa shape index (κ2) is 7.00. The van der Waals surface area contributed by atoms with Gasteiger partial charge in [0.25, 0.3) is 0 Å². The molecule has 0 fully saturated rings. The predicted octanol–water partition coefficient (Wildman–Crippen LogP) is 2.36. The van der Waals surface area contributed by atoms with Crippen LogP contribution in [0.4, 0.5) is 5.69 Å². The number of carboxylic acids is 1. The summed E-state index contributed by atoms with van der Waals surface area (Å²) < 4.78 is 0. The van der Waals surface area contributed by atoms with E-state index in [0.29, 0.717) is 11.3 Å². The summed E-state index contributed by atoms with van der Waals surface area (Å²) in [6.07, 6.45) is 6.18. The number of benzene rings is 1. The maximum Gasteiger partial charge on any atom is 0.307 e. The van der Waals surface area contributed by atoms with Crippen molar-refractivity contribution in [2.75, 3.05) is 5.32 Å². The first kappa shape index (κ1) is 14.5. The van der Waals surface area contributed by atoms with E-state index >= 15 is 0 Å². The maximum atomic E-state index is 11.9. The van der Waals surface area contributed by atoms with Crippen LogP contribution in [0, 0.1) is 0 Å². The molecule has 1 aromatic heterocycles. The average Bonchev–Trinajstić information content (AvgIpc) is 2.48. The number of carboxylic acid groups (broad SMARTS) is 1. The number of hydrogen-bond acceptors (Lipinski definition) is 3. The quantitative estimate of drug-likeness (QED) is 0.825. The third-order valence-corrected chi connectivity index (χ3v) is 2.73. The van der Waals surface area contributed by atoms with E-state index in [2.05, 4.69) is 10.3 Å². The van der Waals surface area contributed by atoms with Crippen molar-refractivity contribution in [3.05, 3.63) is 66.0 Å². The monoisotopic (exact) mass is 282 g/mol. The van der Waals surface area contributed by atoms with Gasteiger partial charge >= 0.3 is 5.97 Å². The smallest absolute Gasteiger partial charge is 0.307 e. The van der Waals surface area contributed by atoms with E-state index in [-0.39, 0.29) is 12.3 Å². The van der Waals surface area contributed by atoms with Crippen LogP contribution < -0.4 is 5.32 Å². The van der Waals surface area contributed by atoms with Crippen molar-refractivity contribution in [3.8, 4) is 0 Å². The Kier molecular flexibility index (Phi) is 4.82. The molecule has 0 aliphatic rings. The van der Waals surface area contributed by atoms with Crippen LogP contribution >= 0.6 is 0 Å². The van der Waals surface area contributed by atoms with Crippen LogP contribution in [0.1, 0.15) is 11.1 Å². The van der Waals surface area contributed by atoms with Gasteiger partial charge in [0.2, 0.25) is 5.91 Å². The Balaban J connectivity index is 2.06. The number of carbonyl (C=O) groups excluding carboxylic acids is 1. The Morgan fingerprint density at radius 2 is 2.00 bits per heavy atom. The van der Waals surface area contributed by atoms with Crippen LogP contribution in [-0.4, -0.2) is 22.0 Å². The lowest BCUT2D eigenvalue weighted by Gasteiger charge is -2.07. The molecule has 0 unspecified atom stereocenters. The average molecular weight is 282 g/mol. The summed E-state index contributed by atoms with van der Waals surface area (Å²) in [4.78, 5) is 26.6. The summed E-state index contributed by atoms with van der Waals surface area (Å²) in [5.74, 6) is -1.26. The molecule has 0 radical (unpaired) electrons. The van der Waals surface area contributed by atoms with Gasteiger partial charge in [-0.3, -0.25) is 14.6 Å². The lowest BCUT2D eigenvalue weighted by atomic mass is 10.1. The van der Waals surface area contributed by atoms with Crippen molar-refractivity contribution >= 4 is 23.6 Å². The standard InChI is InChI=1S/C16H14N2O3/c19-15(8-7-12-4-3-9-17-11-12)18-14-6-2-1-5-13(14)10-16(20)21/h1-9,11H,10H2,(H,18,19)(H,20,21). The van der Waals surface area contributed by atoms with Crippen LogP contribution in [-0.2, 0) is 16.0 Å². The van der Waals surface area contributed by atoms with E-state index < -0.39 is 5.97 Å². The van der Waals surface area contributed by atoms with Gasteiger partial charge in [0.1, 0.15) is 0 Å². The van der Waals surface area contributed by atoms with Gasteiger partial charge in [0.05, 0.1) is 6.42 Å². The summed E-state index contributed by atoms with van der Waals surface area (Å²) >= 11 is 0. The first-order valence-electron chi connectivity index (χ1n) is 6.34. The molecular weight excluding hydrogens is 268 g/mol. The Bertz CT molecular complexity index is 666. The Labute approximate surface area is 122 Å². The molecule has 0 spiro atoms. The number of pyridine rings is 1. The number of rotatable bonds is 5. The minimum atomic E-state index is -0.942. The zero-order chi connectivity index (χ0) is 15.1. The van der Waals surface area contributed by atoms with Crippen LogP contribution in [0.2, 0.25) is 0 Å². The number of hydrogen-bond donors (Lipinski definition) is 2. The third kappa shape index (κ3) is 4.58. The second-order valence-electron chi connectivity index (χ2n) is 4.34. The molecule has 0 bridgehead atoms. The lowest BCUT2D eigenvalue weighted by molar-refractivity contribution is -0.136. The fraction of sp³-hybridized carbons (Fsp3) is 0.0625. The van der Waals surface area contributed by atoms with Crippen molar-refractivity contribution in [1.82, 2.24) is 4.98 Å². The SMILES string of the molecule is O=C(O)Cc1ccccc1NC(=O)C=Cc1cccnc1. The molecule has 0 aliphatic carbocycles. The summed E-state index contributed by atoms with van der Waals surface area (Å²) in [5, 5.41) is 11.5. The molecule has 1 heterocycles. The van der Waals surface area contributed by atoms with Crippen LogP contribution in [0.5, 0.6) is 0 Å². The second-order valence-corrected chi connectivity index (χ2v) is 4.34. The molecule has 2 aromatic rings. The number of anilines is 1. The van der Waals surface area contributed by atoms with Gasteiger partial charge in [-0.2, -0.15) is 0 Å². The van der Waals surface area contributed by atoms with Crippen molar-refractivity contribution in [3.63, 3.8) is 0 Å². The van der Waals surface area contributed by atoms with E-state index in [4.69, 9.17) is 5.11 Å². The van der Waals surface area contributed by atoms with Gasteiger partial charge in [-0.1, -0.05) is 24.3 Å². The molecule has 0 atom stereocenters. The number of para-hydroxylation sites is 1. The van der Waals surface area contributed by atoms with E-state index in [0.717, 1.165) is 5.56 Å². The fourth-order valence-corrected chi connectivity index (χ4v) is 1.78. The molecule has 0 aliphatic heterocycles. The highest BCUT2D eigenvalue weighted by molar-refractivity contribution is 6.02. The number of nitrogens with one attached hydrogen (secondary N) is 1. The van der Waals surface area contributed by atoms with Crippen LogP contribution in [0.3, 0.4) is 0 Å². The number of nitrogens with zero attached hydrogens (tertiary/aromatic N) is 1. The zero-order valence-electron chi connectivity index (χ0n) is 11.2. The van der Waals surface area contributed by atoms with E-state index in [1.54, 1.807) is 48.8 Å². The first-order chi connectivity index (χ1) is 10.1. The summed E-state index contributed by atoms with van der Waals surface area (Å²) in [6.45, 7) is 0. The van der Waals surface area contributed by atoms with E-state index in [1.807, 2.05) is 6.07 Å². The van der Waals surface area contributed by atoms with Gasteiger partial charge in [0, 0.05) is 24.2 Å². The predicted molar refractivity (Wildman–Crippen MR) is 79.7 cm³/mol. The normalized spacial score (nSPS) is 10.5. The van der Waals surface area contributed by atoms with Gasteiger partial charge in [-0.15, -0.1) is 0 Å². The molecule has 106 valence electrons. The number of amides is 1. The Morgan fingerprint density at radius 1 is 1.19 bits per heavy atom. The molecule has 2 N–H and O–H groups in total. The Hall–Kier alpha value is -2.95. The lowest BCUT2D eigenvalue weighted by Crippen LogP contribution is -2.11. The first-order valence-corrected chi connectivity index (χ1v) is 6.34. The van der Waals surface area contributed by atoms with Crippen molar-refractivity contribution < 1.29 is 14.7 Å². The minimum absolute atomic E-state index is 0.136. The number of aromatic nitrogens is 1. The van der Waals surface area contributed by atoms with Crippen molar-refractivity contribution in [2.45, 2.75) is 6.42 Å². The maximum absolute atomic E-state index is 11.9. The molecule has 2 rings (SSSR count). The number of aliphatic carboxylic acids is 1. The van der Waals surface area contributed by atoms with Crippen LogP contribution in [0.15, 0.2) is 54.9 Å². The highest BCUT2D eigenvalue weighted by Gasteiger charge is 2.07. The molecule has 5 nitrogen and oxygen atoms in total. The van der Waals surface area contributed by atoms with Crippen molar-refractivity contribution in [2.24, 2.45) is 0 Å². The third-order valence-electron chi connectivity index (χ3n) is 2.73. The zero-order valence-corrected chi connectivity index (χ0v) is 11.2. The van der Waals surface area contributed by atoms with E-state index in [1.165, 1.54) is 6.08 Å². The highest BCUT2D eigenvalue weighted by Crippen LogP contribution is 2.15.